The molecule has 0 aromatic heterocycles. The van der Waals surface area contributed by atoms with Gasteiger partial charge < -0.3 is 15.8 Å². The molecule has 7 heteroatoms. The minimum atomic E-state index is -2.96. The molecule has 0 heterocycles. The first-order valence-corrected chi connectivity index (χ1v) is 5.05. The van der Waals surface area contributed by atoms with E-state index in [4.69, 9.17) is 5.73 Å². The summed E-state index contributed by atoms with van der Waals surface area (Å²) in [7, 11) is 0. The van der Waals surface area contributed by atoms with Crippen LogP contribution in [0.2, 0.25) is 0 Å². The van der Waals surface area contributed by atoms with E-state index in [1.807, 2.05) is 0 Å². The Morgan fingerprint density at radius 3 is 2.61 bits per heavy atom. The summed E-state index contributed by atoms with van der Waals surface area (Å²) in [6.45, 7) is -1.55. The average molecular weight is 258 g/mol. The Balaban J connectivity index is 2.77. The molecule has 0 saturated carbocycles. The van der Waals surface area contributed by atoms with Crippen molar-refractivity contribution in [3.63, 3.8) is 0 Å². The number of nitrogens with one attached hydrogen (secondary N) is 1. The second-order valence-electron chi connectivity index (χ2n) is 3.50. The van der Waals surface area contributed by atoms with Gasteiger partial charge in [0.05, 0.1) is 0 Å². The standard InChI is InChI=1S/C11H12F2N2O3/c1-6(9(14)16)15-10(17)7-3-2-4-8(5-7)18-11(12)13/h2-6,11H,1H3,(H2,14,16)(H,15,17). The molecule has 0 spiro atoms. The molecule has 5 nitrogen and oxygen atoms in total. The number of halogens is 2. The molecule has 98 valence electrons. The number of hydrogen-bond donors (Lipinski definition) is 2. The summed E-state index contributed by atoms with van der Waals surface area (Å²) in [6.07, 6.45) is 0. The van der Waals surface area contributed by atoms with E-state index in [1.165, 1.54) is 25.1 Å². The SMILES string of the molecule is CC(NC(=O)c1cccc(OC(F)F)c1)C(N)=O. The van der Waals surface area contributed by atoms with Gasteiger partial charge in [-0.2, -0.15) is 8.78 Å². The van der Waals surface area contributed by atoms with Gasteiger partial charge in [-0.1, -0.05) is 6.07 Å². The summed E-state index contributed by atoms with van der Waals surface area (Å²) >= 11 is 0. The number of rotatable bonds is 5. The van der Waals surface area contributed by atoms with Crippen molar-refractivity contribution in [3.8, 4) is 5.75 Å². The maximum Gasteiger partial charge on any atom is 0.387 e. The second kappa shape index (κ2) is 5.95. The molecule has 0 fully saturated rings. The zero-order valence-corrected chi connectivity index (χ0v) is 9.52. The van der Waals surface area contributed by atoms with Crippen LogP contribution in [0.5, 0.6) is 5.75 Å². The maximum atomic E-state index is 12.0. The van der Waals surface area contributed by atoms with Crippen LogP contribution in [0.25, 0.3) is 0 Å². The Morgan fingerprint density at radius 1 is 1.39 bits per heavy atom. The van der Waals surface area contributed by atoms with E-state index in [1.54, 1.807) is 0 Å². The number of carbonyl (C=O) groups is 2. The summed E-state index contributed by atoms with van der Waals surface area (Å²) in [5, 5.41) is 2.32. The van der Waals surface area contributed by atoms with Gasteiger partial charge in [0, 0.05) is 5.56 Å². The number of carbonyl (C=O) groups excluding carboxylic acids is 2. The van der Waals surface area contributed by atoms with Crippen molar-refractivity contribution >= 4 is 11.8 Å². The van der Waals surface area contributed by atoms with Crippen LogP contribution in [0.3, 0.4) is 0 Å². The highest BCUT2D eigenvalue weighted by Gasteiger charge is 2.14. The van der Waals surface area contributed by atoms with Crippen molar-refractivity contribution in [3.05, 3.63) is 29.8 Å². The van der Waals surface area contributed by atoms with E-state index in [9.17, 15) is 18.4 Å². The summed E-state index contributed by atoms with van der Waals surface area (Å²) in [6, 6.07) is 4.38. The Morgan fingerprint density at radius 2 is 2.06 bits per heavy atom. The van der Waals surface area contributed by atoms with Gasteiger partial charge in [0.1, 0.15) is 11.8 Å². The lowest BCUT2D eigenvalue weighted by molar-refractivity contribution is -0.119. The van der Waals surface area contributed by atoms with Gasteiger partial charge in [-0.25, -0.2) is 0 Å². The number of benzene rings is 1. The highest BCUT2D eigenvalue weighted by atomic mass is 19.3. The van der Waals surface area contributed by atoms with Crippen molar-refractivity contribution in [1.29, 1.82) is 0 Å². The first kappa shape index (κ1) is 13.9. The van der Waals surface area contributed by atoms with Crippen molar-refractivity contribution in [2.75, 3.05) is 0 Å². The minimum Gasteiger partial charge on any atom is -0.435 e. The monoisotopic (exact) mass is 258 g/mol. The normalized spacial score (nSPS) is 12.0. The first-order valence-electron chi connectivity index (χ1n) is 5.05. The third-order valence-electron chi connectivity index (χ3n) is 2.10. The average Bonchev–Trinajstić information content (AvgIpc) is 2.28. The van der Waals surface area contributed by atoms with Crippen molar-refractivity contribution in [2.45, 2.75) is 19.6 Å². The first-order chi connectivity index (χ1) is 8.40. The molecule has 0 aliphatic heterocycles. The number of hydrogen-bond acceptors (Lipinski definition) is 3. The molecule has 18 heavy (non-hydrogen) atoms. The largest absolute Gasteiger partial charge is 0.435 e. The van der Waals surface area contributed by atoms with E-state index >= 15 is 0 Å². The van der Waals surface area contributed by atoms with E-state index in [0.29, 0.717) is 0 Å². The van der Waals surface area contributed by atoms with Crippen LogP contribution in [-0.2, 0) is 4.79 Å². The van der Waals surface area contributed by atoms with E-state index in [0.717, 1.165) is 6.07 Å². The molecule has 1 atom stereocenters. The molecule has 0 radical (unpaired) electrons. The maximum absolute atomic E-state index is 12.0. The third-order valence-corrected chi connectivity index (χ3v) is 2.10. The fourth-order valence-electron chi connectivity index (χ4n) is 1.16. The molecular formula is C11H12F2N2O3. The predicted molar refractivity (Wildman–Crippen MR) is 59.2 cm³/mol. The zero-order chi connectivity index (χ0) is 13.7. The quantitative estimate of drug-likeness (QED) is 0.823. The Labute approximate surface area is 102 Å². The van der Waals surface area contributed by atoms with E-state index in [2.05, 4.69) is 10.1 Å². The number of alkyl halides is 2. The molecular weight excluding hydrogens is 246 g/mol. The van der Waals surface area contributed by atoms with E-state index < -0.39 is 24.5 Å². The molecule has 1 aromatic carbocycles. The minimum absolute atomic E-state index is 0.0984. The molecule has 3 N–H and O–H groups in total. The number of nitrogens with two attached hydrogens (primary N) is 1. The lowest BCUT2D eigenvalue weighted by atomic mass is 10.2. The Bertz CT molecular complexity index is 452. The smallest absolute Gasteiger partial charge is 0.387 e. The number of ether oxygens (including phenoxy) is 1. The van der Waals surface area contributed by atoms with Crippen LogP contribution in [-0.4, -0.2) is 24.5 Å². The lowest BCUT2D eigenvalue weighted by Crippen LogP contribution is -2.42. The van der Waals surface area contributed by atoms with Crippen LogP contribution in [0.4, 0.5) is 8.78 Å². The molecule has 2 amide bonds. The van der Waals surface area contributed by atoms with Gasteiger partial charge in [-0.15, -0.1) is 0 Å². The highest BCUT2D eigenvalue weighted by molar-refractivity contribution is 5.97. The van der Waals surface area contributed by atoms with Gasteiger partial charge in [-0.3, -0.25) is 9.59 Å². The van der Waals surface area contributed by atoms with Crippen molar-refractivity contribution in [1.82, 2.24) is 5.32 Å². The van der Waals surface area contributed by atoms with Gasteiger partial charge in [0.15, 0.2) is 0 Å². The topological polar surface area (TPSA) is 81.4 Å². The Hall–Kier alpha value is -2.18. The van der Waals surface area contributed by atoms with Crippen LogP contribution in [0, 0.1) is 0 Å². The van der Waals surface area contributed by atoms with Crippen molar-refractivity contribution < 1.29 is 23.1 Å². The van der Waals surface area contributed by atoms with Crippen LogP contribution >= 0.6 is 0 Å². The summed E-state index contributed by atoms with van der Waals surface area (Å²) in [5.41, 5.74) is 5.08. The molecule has 1 unspecified atom stereocenters. The fourth-order valence-corrected chi connectivity index (χ4v) is 1.16. The summed E-state index contributed by atoms with van der Waals surface area (Å²) in [4.78, 5) is 22.4. The van der Waals surface area contributed by atoms with Crippen LogP contribution in [0.15, 0.2) is 24.3 Å². The summed E-state index contributed by atoms with van der Waals surface area (Å²) in [5.74, 6) is -1.42. The zero-order valence-electron chi connectivity index (χ0n) is 9.52. The van der Waals surface area contributed by atoms with Gasteiger partial charge >= 0.3 is 6.61 Å². The van der Waals surface area contributed by atoms with E-state index in [-0.39, 0.29) is 11.3 Å². The molecule has 0 bridgehead atoms. The van der Waals surface area contributed by atoms with Crippen molar-refractivity contribution in [2.24, 2.45) is 5.73 Å². The van der Waals surface area contributed by atoms with Gasteiger partial charge in [-0.05, 0) is 25.1 Å². The molecule has 0 aliphatic carbocycles. The molecule has 1 rings (SSSR count). The van der Waals surface area contributed by atoms with Gasteiger partial charge in [0.2, 0.25) is 5.91 Å². The molecule has 0 saturated heterocycles. The number of primary amides is 1. The fraction of sp³-hybridized carbons (Fsp3) is 0.273. The van der Waals surface area contributed by atoms with Crippen LogP contribution < -0.4 is 15.8 Å². The second-order valence-corrected chi connectivity index (χ2v) is 3.50. The predicted octanol–water partition coefficient (Wildman–Crippen LogP) is 0.892. The molecule has 0 aliphatic rings. The number of amides is 2. The van der Waals surface area contributed by atoms with Crippen LogP contribution in [0.1, 0.15) is 17.3 Å². The van der Waals surface area contributed by atoms with Gasteiger partial charge in [0.25, 0.3) is 5.91 Å². The lowest BCUT2D eigenvalue weighted by Gasteiger charge is -2.11. The molecule has 1 aromatic rings. The highest BCUT2D eigenvalue weighted by Crippen LogP contribution is 2.15. The summed E-state index contributed by atoms with van der Waals surface area (Å²) < 4.78 is 28.1. The Kier molecular flexibility index (Phi) is 4.59. The third kappa shape index (κ3) is 4.00.